The molecular formula is C13H18N2O2. The second-order valence-corrected chi connectivity index (χ2v) is 4.54. The van der Waals surface area contributed by atoms with E-state index in [-0.39, 0.29) is 5.69 Å². The van der Waals surface area contributed by atoms with Gasteiger partial charge in [-0.15, -0.1) is 0 Å². The topological polar surface area (TPSA) is 53.4 Å². The third kappa shape index (κ3) is 3.53. The second kappa shape index (κ2) is 5.77. The van der Waals surface area contributed by atoms with Gasteiger partial charge in [0.15, 0.2) is 0 Å². The van der Waals surface area contributed by atoms with Crippen LogP contribution in [0.25, 0.3) is 0 Å². The summed E-state index contributed by atoms with van der Waals surface area (Å²) < 4.78 is 0. The number of likely N-dealkylation sites (tertiary alicyclic amines) is 1. The zero-order valence-corrected chi connectivity index (χ0v) is 9.93. The summed E-state index contributed by atoms with van der Waals surface area (Å²) in [5.74, 6) is -0.956. The van der Waals surface area contributed by atoms with E-state index in [1.165, 1.54) is 25.7 Å². The summed E-state index contributed by atoms with van der Waals surface area (Å²) in [4.78, 5) is 17.1. The van der Waals surface area contributed by atoms with Crippen molar-refractivity contribution < 1.29 is 9.90 Å². The molecule has 1 aromatic heterocycles. The highest BCUT2D eigenvalue weighted by Crippen LogP contribution is 2.13. The van der Waals surface area contributed by atoms with Crippen molar-refractivity contribution in [1.82, 2.24) is 9.88 Å². The third-order valence-corrected chi connectivity index (χ3v) is 3.15. The molecule has 0 unspecified atom stereocenters. The SMILES string of the molecule is O=C(O)c1cc(CN2CCCCCC2)ccn1. The molecule has 0 spiro atoms. The number of hydrogen-bond donors (Lipinski definition) is 1. The minimum absolute atomic E-state index is 0.136. The van der Waals surface area contributed by atoms with E-state index >= 15 is 0 Å². The maximum Gasteiger partial charge on any atom is 0.354 e. The van der Waals surface area contributed by atoms with Crippen LogP contribution in [-0.2, 0) is 6.54 Å². The first-order valence-electron chi connectivity index (χ1n) is 6.16. The van der Waals surface area contributed by atoms with Crippen LogP contribution in [0.4, 0.5) is 0 Å². The van der Waals surface area contributed by atoms with Crippen molar-refractivity contribution >= 4 is 5.97 Å². The van der Waals surface area contributed by atoms with Crippen LogP contribution in [0.3, 0.4) is 0 Å². The average Bonchev–Trinajstić information content (AvgIpc) is 2.58. The van der Waals surface area contributed by atoms with Crippen LogP contribution in [0.15, 0.2) is 18.3 Å². The lowest BCUT2D eigenvalue weighted by molar-refractivity contribution is 0.0690. The standard InChI is InChI=1S/C13H18N2O2/c16-13(17)12-9-11(5-6-14-12)10-15-7-3-1-2-4-8-15/h5-6,9H,1-4,7-8,10H2,(H,16,17). The van der Waals surface area contributed by atoms with Gasteiger partial charge in [0.05, 0.1) is 0 Å². The summed E-state index contributed by atoms with van der Waals surface area (Å²) in [5, 5.41) is 8.88. The van der Waals surface area contributed by atoms with Crippen molar-refractivity contribution in [3.8, 4) is 0 Å². The molecule has 17 heavy (non-hydrogen) atoms. The molecule has 4 nitrogen and oxygen atoms in total. The van der Waals surface area contributed by atoms with E-state index in [0.717, 1.165) is 25.2 Å². The van der Waals surface area contributed by atoms with Gasteiger partial charge in [0.25, 0.3) is 0 Å². The predicted molar refractivity (Wildman–Crippen MR) is 64.9 cm³/mol. The van der Waals surface area contributed by atoms with Gasteiger partial charge in [-0.05, 0) is 43.6 Å². The summed E-state index contributed by atoms with van der Waals surface area (Å²) >= 11 is 0. The molecule has 1 aliphatic rings. The highest BCUT2D eigenvalue weighted by Gasteiger charge is 2.11. The van der Waals surface area contributed by atoms with E-state index in [2.05, 4.69) is 9.88 Å². The Bertz CT molecular complexity index is 385. The zero-order valence-electron chi connectivity index (χ0n) is 9.93. The Morgan fingerprint density at radius 3 is 2.65 bits per heavy atom. The Morgan fingerprint density at radius 2 is 2.00 bits per heavy atom. The maximum absolute atomic E-state index is 10.8. The number of rotatable bonds is 3. The van der Waals surface area contributed by atoms with Crippen molar-refractivity contribution in [2.45, 2.75) is 32.2 Å². The first-order valence-corrected chi connectivity index (χ1v) is 6.16. The normalized spacial score (nSPS) is 17.6. The monoisotopic (exact) mass is 234 g/mol. The number of nitrogens with zero attached hydrogens (tertiary/aromatic N) is 2. The van der Waals surface area contributed by atoms with Crippen molar-refractivity contribution in [3.05, 3.63) is 29.6 Å². The molecule has 0 amide bonds. The van der Waals surface area contributed by atoms with Crippen LogP contribution < -0.4 is 0 Å². The number of carbonyl (C=O) groups is 1. The molecule has 1 aliphatic heterocycles. The first-order chi connectivity index (χ1) is 8.25. The number of pyridine rings is 1. The number of carboxylic acid groups (broad SMARTS) is 1. The Balaban J connectivity index is 2.01. The number of aromatic carboxylic acids is 1. The molecule has 2 rings (SSSR count). The van der Waals surface area contributed by atoms with Crippen molar-refractivity contribution in [2.24, 2.45) is 0 Å². The van der Waals surface area contributed by atoms with Crippen LogP contribution in [0.5, 0.6) is 0 Å². The average molecular weight is 234 g/mol. The van der Waals surface area contributed by atoms with Gasteiger partial charge >= 0.3 is 5.97 Å². The molecule has 0 bridgehead atoms. The fraction of sp³-hybridized carbons (Fsp3) is 0.538. The van der Waals surface area contributed by atoms with Gasteiger partial charge in [-0.2, -0.15) is 0 Å². The molecule has 1 fully saturated rings. The quantitative estimate of drug-likeness (QED) is 0.870. The molecule has 0 radical (unpaired) electrons. The largest absolute Gasteiger partial charge is 0.477 e. The van der Waals surface area contributed by atoms with E-state index in [1.54, 1.807) is 12.3 Å². The summed E-state index contributed by atoms with van der Waals surface area (Å²) in [5.41, 5.74) is 1.18. The zero-order chi connectivity index (χ0) is 12.1. The Hall–Kier alpha value is -1.42. The van der Waals surface area contributed by atoms with Crippen molar-refractivity contribution in [2.75, 3.05) is 13.1 Å². The van der Waals surface area contributed by atoms with Crippen molar-refractivity contribution in [3.63, 3.8) is 0 Å². The van der Waals surface area contributed by atoms with Gasteiger partial charge in [0.2, 0.25) is 0 Å². The van der Waals surface area contributed by atoms with Gasteiger partial charge in [0.1, 0.15) is 5.69 Å². The minimum Gasteiger partial charge on any atom is -0.477 e. The van der Waals surface area contributed by atoms with Gasteiger partial charge in [-0.3, -0.25) is 4.90 Å². The molecule has 0 aliphatic carbocycles. The van der Waals surface area contributed by atoms with Crippen LogP contribution in [-0.4, -0.2) is 34.0 Å². The predicted octanol–water partition coefficient (Wildman–Crippen LogP) is 2.16. The number of hydrogen-bond acceptors (Lipinski definition) is 3. The molecule has 1 saturated heterocycles. The molecule has 1 aromatic rings. The third-order valence-electron chi connectivity index (χ3n) is 3.15. The summed E-state index contributed by atoms with van der Waals surface area (Å²) in [6.45, 7) is 3.07. The summed E-state index contributed by atoms with van der Waals surface area (Å²) in [6.07, 6.45) is 6.70. The molecule has 0 saturated carbocycles. The lowest BCUT2D eigenvalue weighted by atomic mass is 10.2. The van der Waals surface area contributed by atoms with E-state index in [0.29, 0.717) is 0 Å². The fourth-order valence-electron chi connectivity index (χ4n) is 2.24. The molecule has 0 atom stereocenters. The van der Waals surface area contributed by atoms with Gasteiger partial charge in [0, 0.05) is 12.7 Å². The second-order valence-electron chi connectivity index (χ2n) is 4.54. The van der Waals surface area contributed by atoms with E-state index in [9.17, 15) is 4.79 Å². The maximum atomic E-state index is 10.8. The minimum atomic E-state index is -0.956. The number of carboxylic acids is 1. The van der Waals surface area contributed by atoms with E-state index in [1.807, 2.05) is 6.07 Å². The smallest absolute Gasteiger partial charge is 0.354 e. The Kier molecular flexibility index (Phi) is 4.09. The highest BCUT2D eigenvalue weighted by molar-refractivity contribution is 5.85. The lowest BCUT2D eigenvalue weighted by Crippen LogP contribution is -2.24. The molecule has 4 heteroatoms. The van der Waals surface area contributed by atoms with E-state index in [4.69, 9.17) is 5.11 Å². The molecule has 92 valence electrons. The van der Waals surface area contributed by atoms with Gasteiger partial charge in [-0.25, -0.2) is 9.78 Å². The van der Waals surface area contributed by atoms with Gasteiger partial charge < -0.3 is 5.11 Å². The van der Waals surface area contributed by atoms with Gasteiger partial charge in [-0.1, -0.05) is 12.8 Å². The van der Waals surface area contributed by atoms with Crippen LogP contribution in [0, 0.1) is 0 Å². The van der Waals surface area contributed by atoms with Crippen LogP contribution >= 0.6 is 0 Å². The van der Waals surface area contributed by atoms with E-state index < -0.39 is 5.97 Å². The fourth-order valence-corrected chi connectivity index (χ4v) is 2.24. The molecule has 2 heterocycles. The first kappa shape index (κ1) is 12.0. The Labute approximate surface area is 101 Å². The lowest BCUT2D eigenvalue weighted by Gasteiger charge is -2.19. The van der Waals surface area contributed by atoms with Crippen LogP contribution in [0.2, 0.25) is 0 Å². The Morgan fingerprint density at radius 1 is 1.29 bits per heavy atom. The van der Waals surface area contributed by atoms with Crippen LogP contribution in [0.1, 0.15) is 41.7 Å². The number of aromatic nitrogens is 1. The summed E-state index contributed by atoms with van der Waals surface area (Å²) in [6, 6.07) is 3.57. The summed E-state index contributed by atoms with van der Waals surface area (Å²) in [7, 11) is 0. The molecule has 1 N–H and O–H groups in total. The highest BCUT2D eigenvalue weighted by atomic mass is 16.4. The molecular weight excluding hydrogens is 216 g/mol. The van der Waals surface area contributed by atoms with Crippen molar-refractivity contribution in [1.29, 1.82) is 0 Å². The molecule has 0 aromatic carbocycles.